The fraction of sp³-hybridized carbons (Fsp3) is 0.781. The average molecular weight is 1280 g/mol. The van der Waals surface area contributed by atoms with Gasteiger partial charge in [0.2, 0.25) is 65.0 Å². The van der Waals surface area contributed by atoms with Crippen LogP contribution < -0.4 is 21.3 Å². The predicted molar refractivity (Wildman–Crippen MR) is 341 cm³/mol. The summed E-state index contributed by atoms with van der Waals surface area (Å²) in [6, 6.07) is -12.8. The van der Waals surface area contributed by atoms with E-state index in [1.54, 1.807) is 41.5 Å². The fourth-order valence-corrected chi connectivity index (χ4v) is 10.9. The summed E-state index contributed by atoms with van der Waals surface area (Å²) in [4.78, 5) is 181. The molecule has 0 aliphatic carbocycles. The van der Waals surface area contributed by atoms with Gasteiger partial charge in [0, 0.05) is 62.5 Å². The largest absolute Gasteiger partial charge is 0.435 e. The second-order valence-electron chi connectivity index (χ2n) is 26.8. The predicted octanol–water partition coefficient (Wildman–Crippen LogP) is 2.40. The van der Waals surface area contributed by atoms with Crippen LogP contribution in [0.1, 0.15) is 149 Å². The number of nitrogens with zero attached hydrogens (tertiary/aromatic N) is 7. The summed E-state index contributed by atoms with van der Waals surface area (Å²) in [7, 11) is 11.0. The van der Waals surface area contributed by atoms with Crippen LogP contribution in [0.2, 0.25) is 0 Å². The lowest BCUT2D eigenvalue weighted by Crippen LogP contribution is -2.63. The van der Waals surface area contributed by atoms with E-state index < -0.39 is 162 Å². The first-order valence-corrected chi connectivity index (χ1v) is 31.7. The molecule has 514 valence electrons. The number of amides is 11. The van der Waals surface area contributed by atoms with Gasteiger partial charge in [0.05, 0.1) is 12.6 Å². The minimum atomic E-state index is -1.75. The van der Waals surface area contributed by atoms with Crippen molar-refractivity contribution in [1.29, 1.82) is 0 Å². The number of carbonyl (C=O) groups is 12. The summed E-state index contributed by atoms with van der Waals surface area (Å²) < 4.78 is 9.73. The van der Waals surface area contributed by atoms with Crippen LogP contribution in [0, 0.1) is 41.4 Å². The van der Waals surface area contributed by atoms with Crippen molar-refractivity contribution >= 4 is 70.9 Å². The topological polar surface area (TPSA) is 314 Å². The molecule has 0 radical (unpaired) electrons. The lowest BCUT2D eigenvalue weighted by Gasteiger charge is -2.41. The van der Waals surface area contributed by atoms with Gasteiger partial charge in [0.15, 0.2) is 6.79 Å². The number of methoxy groups -OCH3 is 1. The van der Waals surface area contributed by atoms with Crippen LogP contribution in [0.3, 0.4) is 0 Å². The van der Waals surface area contributed by atoms with E-state index in [2.05, 4.69) is 21.3 Å². The molecule has 0 saturated carbocycles. The summed E-state index contributed by atoms with van der Waals surface area (Å²) in [5.74, 6) is -11.4. The normalized spacial score (nSPS) is 26.0. The molecular formula is C64H113N11O15. The van der Waals surface area contributed by atoms with Gasteiger partial charge in [-0.25, -0.2) is 4.79 Å². The Labute approximate surface area is 536 Å². The molecule has 0 aromatic heterocycles. The molecule has 12 atom stereocenters. The third-order valence-electron chi connectivity index (χ3n) is 16.4. The number of aliphatic hydroxyl groups is 1. The molecule has 0 spiro atoms. The number of esters is 1. The molecule has 0 unspecified atom stereocenters. The van der Waals surface area contributed by atoms with Gasteiger partial charge in [-0.3, -0.25) is 52.7 Å². The zero-order valence-electron chi connectivity index (χ0n) is 58.5. The Morgan fingerprint density at radius 1 is 0.511 bits per heavy atom. The van der Waals surface area contributed by atoms with Crippen LogP contribution in [0.25, 0.3) is 0 Å². The molecule has 1 rings (SSSR count). The SMILES string of the molecule is CC[C@@H]1NC(=O)[C@H]([C@H](O)[C@H](C)C/C=C/C(=O)OCOC)N(C)C(=O)[C@H](C(C)C)N(C)C(=O)[C@@H](CC(C)C)N(C)C(=O)[C@H](CC(C)C)N(C)C(=O)[C@@H](C)NC(=O)[C@H](C)NC(=O)[C@@H](CC(C)C)N(C)C(=O)[C@H](C(C)C)NC(=O)[C@H](CC(C)C)N(C)C(=O)CN(C)C1=O. The number of hydrogen-bond donors (Lipinski definition) is 5. The van der Waals surface area contributed by atoms with Crippen LogP contribution in [-0.2, 0) is 67.0 Å². The Balaban J connectivity index is 4.37. The van der Waals surface area contributed by atoms with Gasteiger partial charge in [0.25, 0.3) is 0 Å². The van der Waals surface area contributed by atoms with Crippen molar-refractivity contribution in [3.05, 3.63) is 12.2 Å². The lowest BCUT2D eigenvalue weighted by atomic mass is 9.91. The number of nitrogens with one attached hydrogen (secondary N) is 4. The van der Waals surface area contributed by atoms with Gasteiger partial charge in [0.1, 0.15) is 60.4 Å². The molecule has 0 aromatic carbocycles. The van der Waals surface area contributed by atoms with Crippen LogP contribution in [-0.4, -0.2) is 247 Å². The van der Waals surface area contributed by atoms with Gasteiger partial charge in [-0.2, -0.15) is 0 Å². The Bertz CT molecular complexity index is 2490. The summed E-state index contributed by atoms with van der Waals surface area (Å²) in [6.07, 6.45) is 1.30. The molecule has 1 heterocycles. The zero-order valence-corrected chi connectivity index (χ0v) is 58.5. The van der Waals surface area contributed by atoms with Crippen molar-refractivity contribution in [2.45, 2.75) is 216 Å². The van der Waals surface area contributed by atoms with E-state index in [0.717, 1.165) is 15.9 Å². The molecule has 1 saturated heterocycles. The number of ether oxygens (including phenoxy) is 2. The highest BCUT2D eigenvalue weighted by Crippen LogP contribution is 2.26. The maximum atomic E-state index is 15.2. The molecule has 5 N–H and O–H groups in total. The van der Waals surface area contributed by atoms with Crippen molar-refractivity contribution in [3.63, 3.8) is 0 Å². The monoisotopic (exact) mass is 1280 g/mol. The van der Waals surface area contributed by atoms with Gasteiger partial charge in [-0.15, -0.1) is 0 Å². The van der Waals surface area contributed by atoms with Crippen LogP contribution in [0.15, 0.2) is 12.2 Å². The van der Waals surface area contributed by atoms with E-state index in [1.807, 2.05) is 55.4 Å². The quantitative estimate of drug-likeness (QED) is 0.0748. The number of aliphatic hydroxyl groups excluding tert-OH is 1. The van der Waals surface area contributed by atoms with Crippen LogP contribution >= 0.6 is 0 Å². The number of carbonyl (C=O) groups excluding carboxylic acids is 12. The van der Waals surface area contributed by atoms with Crippen molar-refractivity contribution in [2.24, 2.45) is 41.4 Å². The number of allylic oxidation sites excluding steroid dienone is 1. The van der Waals surface area contributed by atoms with E-state index in [0.29, 0.717) is 0 Å². The molecule has 11 amide bonds. The molecule has 0 aromatic rings. The van der Waals surface area contributed by atoms with Crippen molar-refractivity contribution in [1.82, 2.24) is 55.6 Å². The van der Waals surface area contributed by atoms with Gasteiger partial charge in [-0.05, 0) is 93.8 Å². The molecular weight excluding hydrogens is 1160 g/mol. The summed E-state index contributed by atoms with van der Waals surface area (Å²) >= 11 is 0. The first-order valence-electron chi connectivity index (χ1n) is 31.7. The highest BCUT2D eigenvalue weighted by atomic mass is 16.7. The maximum Gasteiger partial charge on any atom is 0.332 e. The standard InChI is InChI=1S/C64H113N11O15/c1-25-44-60(84)69(17)33-49(76)70(18)45(29-35(2)3)57(81)68-51(39(10)11)63(87)71(19)46(30-36(4)5)56(80)65-42(15)55(79)66-43(16)59(83)72(20)47(31-37(6)7)61(85)73(21)48(32-38(8)9)62(86)74(22)52(40(12)13)64(88)75(23)53(58(82)67-44)54(78)41(14)27-26-28-50(77)90-34-89-24/h26,28,35-48,51-54,78H,25,27,29-34H2,1-24H3,(H,65,80)(H,66,79)(H,67,82)(H,68,81)/b28-26+/t41-,42+,43-,44+,45+,46-,47+,48-,51+,52+,53+,54-/m1/s1. The van der Waals surface area contributed by atoms with Gasteiger partial charge >= 0.3 is 5.97 Å². The Morgan fingerprint density at radius 2 is 0.944 bits per heavy atom. The second-order valence-corrected chi connectivity index (χ2v) is 26.8. The number of rotatable bonds is 18. The van der Waals surface area contributed by atoms with Crippen molar-refractivity contribution < 1.29 is 72.1 Å². The van der Waals surface area contributed by atoms with Crippen molar-refractivity contribution in [2.75, 3.05) is 69.8 Å². The molecule has 1 fully saturated rings. The molecule has 26 nitrogen and oxygen atoms in total. The smallest absolute Gasteiger partial charge is 0.332 e. The molecule has 26 heteroatoms. The van der Waals surface area contributed by atoms with Gasteiger partial charge in [-0.1, -0.05) is 103 Å². The van der Waals surface area contributed by atoms with E-state index >= 15 is 14.4 Å². The first kappa shape index (κ1) is 81.3. The zero-order chi connectivity index (χ0) is 69.7. The summed E-state index contributed by atoms with van der Waals surface area (Å²) in [5, 5.41) is 23.1. The minimum absolute atomic E-state index is 0.0172. The molecule has 1 aliphatic rings. The highest BCUT2D eigenvalue weighted by molar-refractivity contribution is 5.99. The van der Waals surface area contributed by atoms with Crippen LogP contribution in [0.4, 0.5) is 0 Å². The summed E-state index contributed by atoms with van der Waals surface area (Å²) in [6.45, 7) is 26.7. The van der Waals surface area contributed by atoms with E-state index in [-0.39, 0.29) is 69.0 Å². The Kier molecular flexibility index (Phi) is 34.0. The van der Waals surface area contributed by atoms with E-state index in [9.17, 15) is 48.3 Å². The number of hydrogen-bond acceptors (Lipinski definition) is 15. The Hall–Kier alpha value is -6.70. The number of likely N-dealkylation sites (N-methyl/N-ethyl adjacent to an activating group) is 7. The molecule has 90 heavy (non-hydrogen) atoms. The molecule has 1 aliphatic heterocycles. The second kappa shape index (κ2) is 37.6. The highest BCUT2D eigenvalue weighted by Gasteiger charge is 2.46. The fourth-order valence-electron chi connectivity index (χ4n) is 10.9. The van der Waals surface area contributed by atoms with Crippen LogP contribution in [0.5, 0.6) is 0 Å². The lowest BCUT2D eigenvalue weighted by molar-refractivity contribution is -0.157. The Morgan fingerprint density at radius 3 is 1.41 bits per heavy atom. The van der Waals surface area contributed by atoms with E-state index in [1.165, 1.54) is 101 Å². The minimum Gasteiger partial charge on any atom is -0.435 e. The summed E-state index contributed by atoms with van der Waals surface area (Å²) in [5.41, 5.74) is 0. The van der Waals surface area contributed by atoms with Gasteiger partial charge < -0.3 is 70.1 Å². The average Bonchev–Trinajstić information content (AvgIpc) is 1.04. The van der Waals surface area contributed by atoms with E-state index in [4.69, 9.17) is 9.47 Å². The first-order chi connectivity index (χ1) is 41.6. The third kappa shape index (κ3) is 23.5. The third-order valence-corrected chi connectivity index (χ3v) is 16.4. The molecule has 0 bridgehead atoms. The maximum absolute atomic E-state index is 15.2. The van der Waals surface area contributed by atoms with Crippen molar-refractivity contribution in [3.8, 4) is 0 Å².